The predicted molar refractivity (Wildman–Crippen MR) is 154 cm³/mol. The zero-order valence-corrected chi connectivity index (χ0v) is 25.4. The number of nitrogens with zero attached hydrogens (tertiary/aromatic N) is 1. The van der Waals surface area contributed by atoms with Crippen LogP contribution in [-0.2, 0) is 24.0 Å². The van der Waals surface area contributed by atoms with Gasteiger partial charge in [0.05, 0.1) is 18.8 Å². The number of ketones is 1. The van der Waals surface area contributed by atoms with Crippen LogP contribution in [0.25, 0.3) is 0 Å². The summed E-state index contributed by atoms with van der Waals surface area (Å²) < 4.78 is 13.0. The van der Waals surface area contributed by atoms with Crippen molar-refractivity contribution in [1.82, 2.24) is 10.2 Å². The molecule has 0 radical (unpaired) electrons. The minimum absolute atomic E-state index is 0.0277. The number of carbonyl (C=O) groups is 3. The molecule has 2 heterocycles. The highest BCUT2D eigenvalue weighted by atomic mass is 17.1. The van der Waals surface area contributed by atoms with Gasteiger partial charge in [-0.05, 0) is 96.1 Å². The number of hydrogen-bond donors (Lipinski definition) is 2. The van der Waals surface area contributed by atoms with Crippen LogP contribution in [0, 0.1) is 23.7 Å². The van der Waals surface area contributed by atoms with Crippen molar-refractivity contribution in [2.24, 2.45) is 23.7 Å². The highest BCUT2D eigenvalue weighted by Gasteiger charge is 2.64. The van der Waals surface area contributed by atoms with Crippen molar-refractivity contribution in [1.29, 1.82) is 0 Å². The molecule has 41 heavy (non-hydrogen) atoms. The molecule has 1 aliphatic carbocycles. The van der Waals surface area contributed by atoms with Gasteiger partial charge in [0.15, 0.2) is 11.9 Å². The van der Waals surface area contributed by atoms with Gasteiger partial charge >= 0.3 is 0 Å². The number of hydrogen-bond acceptors (Lipinski definition) is 7. The van der Waals surface area contributed by atoms with Crippen LogP contribution in [0.5, 0.6) is 0 Å². The highest BCUT2D eigenvalue weighted by Crippen LogP contribution is 2.57. The van der Waals surface area contributed by atoms with Crippen LogP contribution in [0.4, 0.5) is 0 Å². The van der Waals surface area contributed by atoms with E-state index in [4.69, 9.17) is 14.4 Å². The molecule has 1 saturated carbocycles. The van der Waals surface area contributed by atoms with Crippen molar-refractivity contribution in [3.8, 4) is 0 Å². The maximum absolute atomic E-state index is 13.7. The second-order valence-electron chi connectivity index (χ2n) is 12.8. The SMILES string of the molecule is CC(=O)CNC(=O)C(CCC1O[C@@H]2O[C@@H](C)CCC3[C@H](C)CCC([C@H]1C)[C@]32OO)N(C(=O)c1ccccc1)C(C)C. The van der Waals surface area contributed by atoms with Crippen molar-refractivity contribution in [2.45, 2.75) is 116 Å². The van der Waals surface area contributed by atoms with E-state index in [1.54, 1.807) is 29.2 Å². The molecule has 1 aromatic rings. The summed E-state index contributed by atoms with van der Waals surface area (Å²) in [6, 6.07) is 7.88. The number of benzene rings is 1. The fraction of sp³-hybridized carbons (Fsp3) is 0.719. The second kappa shape index (κ2) is 13.3. The lowest BCUT2D eigenvalue weighted by Crippen LogP contribution is -2.67. The first-order valence-electron chi connectivity index (χ1n) is 15.3. The van der Waals surface area contributed by atoms with Gasteiger partial charge in [0.25, 0.3) is 5.91 Å². The average Bonchev–Trinajstić information content (AvgIpc) is 3.09. The predicted octanol–water partition coefficient (Wildman–Crippen LogP) is 4.84. The normalized spacial score (nSPS) is 33.8. The largest absolute Gasteiger partial charge is 0.347 e. The van der Waals surface area contributed by atoms with Crippen molar-refractivity contribution < 1.29 is 34.0 Å². The number of carbonyl (C=O) groups excluding carboxylic acids is 3. The zero-order chi connectivity index (χ0) is 29.9. The van der Waals surface area contributed by atoms with Gasteiger partial charge in [0.1, 0.15) is 11.8 Å². The van der Waals surface area contributed by atoms with Gasteiger partial charge in [-0.1, -0.05) is 32.0 Å². The number of amides is 2. The molecule has 9 atom stereocenters. The van der Waals surface area contributed by atoms with E-state index in [1.165, 1.54) is 6.92 Å². The molecule has 0 bridgehead atoms. The standard InChI is InChI=1S/C32H48N2O7/c1-19(2)34(30(37)24-10-8-7-9-11-24)27(29(36)33-18-21(4)35)16-17-28-23(6)26-14-12-20(3)25-15-13-22(5)39-31(40-28)32(25,26)41-38/h7-11,19-20,22-23,25-28,31,38H,12-18H2,1-6H3,(H,33,36)/t20-,22+,23-,25?,26?,27?,28?,31+,32-/m1/s1. The van der Waals surface area contributed by atoms with Gasteiger partial charge in [-0.3, -0.25) is 19.6 Å². The average molecular weight is 573 g/mol. The lowest BCUT2D eigenvalue weighted by atomic mass is 9.57. The fourth-order valence-electron chi connectivity index (χ4n) is 7.63. The van der Waals surface area contributed by atoms with Gasteiger partial charge < -0.3 is 19.7 Å². The van der Waals surface area contributed by atoms with E-state index in [2.05, 4.69) is 19.2 Å². The van der Waals surface area contributed by atoms with Gasteiger partial charge in [-0.25, -0.2) is 4.89 Å². The fourth-order valence-corrected chi connectivity index (χ4v) is 7.63. The molecule has 4 rings (SSSR count). The van der Waals surface area contributed by atoms with Crippen LogP contribution in [0.1, 0.15) is 90.4 Å². The summed E-state index contributed by atoms with van der Waals surface area (Å²) in [5.74, 6) is -0.203. The lowest BCUT2D eigenvalue weighted by Gasteiger charge is -2.58. The van der Waals surface area contributed by atoms with Gasteiger partial charge in [-0.2, -0.15) is 0 Å². The molecule has 228 valence electrons. The lowest BCUT2D eigenvalue weighted by molar-refractivity contribution is -0.444. The summed E-state index contributed by atoms with van der Waals surface area (Å²) >= 11 is 0. The molecule has 1 aromatic carbocycles. The van der Waals surface area contributed by atoms with E-state index < -0.39 is 17.9 Å². The molecule has 9 heteroatoms. The van der Waals surface area contributed by atoms with Crippen LogP contribution in [0.2, 0.25) is 0 Å². The Balaban J connectivity index is 1.61. The van der Waals surface area contributed by atoms with Crippen LogP contribution in [0.3, 0.4) is 0 Å². The van der Waals surface area contributed by atoms with Crippen molar-refractivity contribution in [2.75, 3.05) is 6.54 Å². The summed E-state index contributed by atoms with van der Waals surface area (Å²) in [7, 11) is 0. The summed E-state index contributed by atoms with van der Waals surface area (Å²) in [6.07, 6.45) is 3.52. The molecule has 4 unspecified atom stereocenters. The topological polar surface area (TPSA) is 114 Å². The molecule has 9 nitrogen and oxygen atoms in total. The smallest absolute Gasteiger partial charge is 0.254 e. The Morgan fingerprint density at radius 3 is 2.37 bits per heavy atom. The summed E-state index contributed by atoms with van der Waals surface area (Å²) in [4.78, 5) is 46.0. The molecular formula is C32H48N2O7. The quantitative estimate of drug-likeness (QED) is 0.305. The van der Waals surface area contributed by atoms with Crippen molar-refractivity contribution in [3.63, 3.8) is 0 Å². The van der Waals surface area contributed by atoms with Crippen LogP contribution in [0.15, 0.2) is 30.3 Å². The third-order valence-electron chi connectivity index (χ3n) is 9.75. The minimum atomic E-state index is -0.927. The van der Waals surface area contributed by atoms with Crippen molar-refractivity contribution in [3.05, 3.63) is 35.9 Å². The number of rotatable bonds is 10. The Kier molecular flexibility index (Phi) is 10.3. The molecule has 2 saturated heterocycles. The molecule has 0 aromatic heterocycles. The maximum atomic E-state index is 13.7. The van der Waals surface area contributed by atoms with Crippen LogP contribution < -0.4 is 5.32 Å². The van der Waals surface area contributed by atoms with Crippen LogP contribution >= 0.6 is 0 Å². The third-order valence-corrected chi connectivity index (χ3v) is 9.75. The molecule has 2 aliphatic heterocycles. The number of ether oxygens (including phenoxy) is 2. The van der Waals surface area contributed by atoms with E-state index >= 15 is 0 Å². The van der Waals surface area contributed by atoms with Crippen LogP contribution in [-0.4, -0.2) is 70.5 Å². The van der Waals surface area contributed by atoms with E-state index in [9.17, 15) is 19.6 Å². The van der Waals surface area contributed by atoms with Gasteiger partial charge in [0, 0.05) is 17.5 Å². The Morgan fingerprint density at radius 2 is 1.73 bits per heavy atom. The molecule has 3 fully saturated rings. The first-order chi connectivity index (χ1) is 19.5. The maximum Gasteiger partial charge on any atom is 0.254 e. The summed E-state index contributed by atoms with van der Waals surface area (Å²) in [5, 5.41) is 13.2. The van der Waals surface area contributed by atoms with E-state index in [0.29, 0.717) is 24.3 Å². The molecule has 3 aliphatic rings. The minimum Gasteiger partial charge on any atom is -0.347 e. The third kappa shape index (κ3) is 6.38. The number of nitrogens with one attached hydrogen (secondary N) is 1. The Morgan fingerprint density at radius 1 is 1.05 bits per heavy atom. The van der Waals surface area contributed by atoms with E-state index in [1.807, 2.05) is 26.8 Å². The Labute approximate surface area is 244 Å². The first kappa shape index (κ1) is 31.6. The Bertz CT molecular complexity index is 1070. The van der Waals surface area contributed by atoms with Gasteiger partial charge in [-0.15, -0.1) is 0 Å². The van der Waals surface area contributed by atoms with Crippen molar-refractivity contribution >= 4 is 17.6 Å². The first-order valence-corrected chi connectivity index (χ1v) is 15.3. The summed E-state index contributed by atoms with van der Waals surface area (Å²) in [5.41, 5.74) is -0.426. The molecule has 2 amide bonds. The van der Waals surface area contributed by atoms with E-state index in [0.717, 1.165) is 25.7 Å². The van der Waals surface area contributed by atoms with E-state index in [-0.39, 0.29) is 60.1 Å². The molecule has 2 N–H and O–H groups in total. The zero-order valence-electron chi connectivity index (χ0n) is 25.4. The summed E-state index contributed by atoms with van der Waals surface area (Å²) in [6.45, 7) is 11.5. The Hall–Kier alpha value is -2.33. The number of Topliss-reactive ketones (excluding diaryl/α,β-unsaturated/α-hetero) is 1. The second-order valence-corrected chi connectivity index (χ2v) is 12.8. The highest BCUT2D eigenvalue weighted by molar-refractivity contribution is 5.98. The molecular weight excluding hydrogens is 524 g/mol. The van der Waals surface area contributed by atoms with Gasteiger partial charge in [0.2, 0.25) is 5.91 Å². The molecule has 0 spiro atoms. The monoisotopic (exact) mass is 572 g/mol.